The van der Waals surface area contributed by atoms with Crippen LogP contribution in [0.3, 0.4) is 0 Å². The largest absolute Gasteiger partial charge is 0.298 e. The summed E-state index contributed by atoms with van der Waals surface area (Å²) in [7, 11) is 0. The van der Waals surface area contributed by atoms with Crippen LogP contribution in [0.4, 0.5) is 5.13 Å². The number of hydrogen-bond acceptors (Lipinski definition) is 4. The average Bonchev–Trinajstić information content (AvgIpc) is 3.14. The molecular formula is C24H16ClN3OS. The Bertz CT molecular complexity index is 1430. The number of pyridine rings is 1. The number of amides is 1. The first-order valence-corrected chi connectivity index (χ1v) is 10.6. The Hall–Kier alpha value is -3.28. The second-order valence-electron chi connectivity index (χ2n) is 7.00. The molecule has 5 aromatic rings. The zero-order valence-electron chi connectivity index (χ0n) is 16.0. The summed E-state index contributed by atoms with van der Waals surface area (Å²) in [6.07, 6.45) is 0. The Morgan fingerprint density at radius 2 is 1.73 bits per heavy atom. The highest BCUT2D eigenvalue weighted by molar-refractivity contribution is 7.22. The molecule has 0 radical (unpaired) electrons. The molecule has 4 nitrogen and oxygen atoms in total. The van der Waals surface area contributed by atoms with Gasteiger partial charge < -0.3 is 0 Å². The van der Waals surface area contributed by atoms with E-state index in [-0.39, 0.29) is 5.91 Å². The number of halogens is 1. The van der Waals surface area contributed by atoms with Crippen molar-refractivity contribution in [1.29, 1.82) is 0 Å². The van der Waals surface area contributed by atoms with Crippen molar-refractivity contribution in [2.24, 2.45) is 0 Å². The number of para-hydroxylation sites is 1. The number of carbonyl (C=O) groups is 1. The topological polar surface area (TPSA) is 54.9 Å². The third kappa shape index (κ3) is 3.43. The summed E-state index contributed by atoms with van der Waals surface area (Å²) in [6.45, 7) is 2.04. The number of carbonyl (C=O) groups excluding carboxylic acids is 1. The van der Waals surface area contributed by atoms with E-state index in [9.17, 15) is 4.79 Å². The zero-order chi connectivity index (χ0) is 20.7. The lowest BCUT2D eigenvalue weighted by Gasteiger charge is -2.10. The molecule has 0 atom stereocenters. The maximum Gasteiger partial charge on any atom is 0.258 e. The SMILES string of the molecule is Cc1ccc2nc(NC(=O)c3cc(-c4ccccc4Cl)nc4ccccc34)sc2c1. The normalized spacial score (nSPS) is 11.1. The van der Waals surface area contributed by atoms with Crippen LogP contribution in [0.25, 0.3) is 32.4 Å². The van der Waals surface area contributed by atoms with E-state index in [0.717, 1.165) is 32.2 Å². The molecule has 0 bridgehead atoms. The van der Waals surface area contributed by atoms with E-state index < -0.39 is 0 Å². The van der Waals surface area contributed by atoms with Crippen LogP contribution < -0.4 is 5.32 Å². The third-order valence-electron chi connectivity index (χ3n) is 4.88. The van der Waals surface area contributed by atoms with Gasteiger partial charge in [0.1, 0.15) is 0 Å². The molecule has 0 aliphatic rings. The smallest absolute Gasteiger partial charge is 0.258 e. The third-order valence-corrected chi connectivity index (χ3v) is 6.14. The molecule has 1 amide bonds. The summed E-state index contributed by atoms with van der Waals surface area (Å²) in [5.41, 5.74) is 4.75. The van der Waals surface area contributed by atoms with Gasteiger partial charge >= 0.3 is 0 Å². The van der Waals surface area contributed by atoms with Gasteiger partial charge in [0.25, 0.3) is 5.91 Å². The second-order valence-corrected chi connectivity index (χ2v) is 8.43. The molecule has 5 rings (SSSR count). The molecule has 0 saturated heterocycles. The fourth-order valence-corrected chi connectivity index (χ4v) is 4.61. The molecule has 2 heterocycles. The molecule has 6 heteroatoms. The number of hydrogen-bond donors (Lipinski definition) is 1. The average molecular weight is 430 g/mol. The van der Waals surface area contributed by atoms with Gasteiger partial charge in [-0.2, -0.15) is 0 Å². The minimum atomic E-state index is -0.224. The van der Waals surface area contributed by atoms with Crippen molar-refractivity contribution in [3.63, 3.8) is 0 Å². The first kappa shape index (κ1) is 18.7. The van der Waals surface area contributed by atoms with E-state index in [0.29, 0.717) is 21.4 Å². The number of aryl methyl sites for hydroxylation is 1. The quantitative estimate of drug-likeness (QED) is 0.346. The number of nitrogens with zero attached hydrogens (tertiary/aromatic N) is 2. The summed E-state index contributed by atoms with van der Waals surface area (Å²) < 4.78 is 1.04. The van der Waals surface area contributed by atoms with Gasteiger partial charge in [0.05, 0.1) is 27.0 Å². The monoisotopic (exact) mass is 429 g/mol. The lowest BCUT2D eigenvalue weighted by atomic mass is 10.0. The van der Waals surface area contributed by atoms with E-state index >= 15 is 0 Å². The van der Waals surface area contributed by atoms with E-state index in [2.05, 4.69) is 16.4 Å². The van der Waals surface area contributed by atoms with Crippen molar-refractivity contribution >= 4 is 55.1 Å². The van der Waals surface area contributed by atoms with Crippen molar-refractivity contribution in [2.75, 3.05) is 5.32 Å². The van der Waals surface area contributed by atoms with Gasteiger partial charge in [-0.3, -0.25) is 10.1 Å². The molecule has 0 aliphatic carbocycles. The van der Waals surface area contributed by atoms with Crippen LogP contribution >= 0.6 is 22.9 Å². The number of fused-ring (bicyclic) bond motifs is 2. The molecule has 1 N–H and O–H groups in total. The first-order chi connectivity index (χ1) is 14.6. The van der Waals surface area contributed by atoms with Crippen molar-refractivity contribution in [3.8, 4) is 11.3 Å². The van der Waals surface area contributed by atoms with Crippen LogP contribution in [0.5, 0.6) is 0 Å². The maximum absolute atomic E-state index is 13.2. The predicted molar refractivity (Wildman–Crippen MR) is 124 cm³/mol. The first-order valence-electron chi connectivity index (χ1n) is 9.42. The minimum absolute atomic E-state index is 0.224. The number of aromatic nitrogens is 2. The van der Waals surface area contributed by atoms with Crippen molar-refractivity contribution in [2.45, 2.75) is 6.92 Å². The molecule has 0 fully saturated rings. The summed E-state index contributed by atoms with van der Waals surface area (Å²) in [5, 5.41) is 4.90. The van der Waals surface area contributed by atoms with Gasteiger partial charge in [-0.15, -0.1) is 0 Å². The fourth-order valence-electron chi connectivity index (χ4n) is 3.42. The lowest BCUT2D eigenvalue weighted by Crippen LogP contribution is -2.13. The Morgan fingerprint density at radius 1 is 0.933 bits per heavy atom. The van der Waals surface area contributed by atoms with Gasteiger partial charge in [0, 0.05) is 16.0 Å². The van der Waals surface area contributed by atoms with Crippen molar-refractivity contribution in [1.82, 2.24) is 9.97 Å². The van der Waals surface area contributed by atoms with Crippen LogP contribution in [-0.4, -0.2) is 15.9 Å². The Morgan fingerprint density at radius 3 is 2.60 bits per heavy atom. The van der Waals surface area contributed by atoms with Crippen LogP contribution in [0.15, 0.2) is 72.8 Å². The summed E-state index contributed by atoms with van der Waals surface area (Å²) in [6, 6.07) is 22.9. The van der Waals surface area contributed by atoms with Gasteiger partial charge in [0.15, 0.2) is 5.13 Å². The standard InChI is InChI=1S/C24H16ClN3OS/c1-14-10-11-20-22(12-14)30-24(27-20)28-23(29)17-13-21(16-7-2-4-8-18(16)25)26-19-9-5-3-6-15(17)19/h2-13H,1H3,(H,27,28,29). The lowest BCUT2D eigenvalue weighted by molar-refractivity contribution is 0.102. The molecule has 30 heavy (non-hydrogen) atoms. The van der Waals surface area contributed by atoms with Crippen LogP contribution in [0.2, 0.25) is 5.02 Å². The number of nitrogens with one attached hydrogen (secondary N) is 1. The van der Waals surface area contributed by atoms with Crippen molar-refractivity contribution in [3.05, 3.63) is 88.9 Å². The van der Waals surface area contributed by atoms with Crippen molar-refractivity contribution < 1.29 is 4.79 Å². The fraction of sp³-hybridized carbons (Fsp3) is 0.0417. The molecule has 3 aromatic carbocycles. The van der Waals surface area contributed by atoms with Crippen LogP contribution in [0.1, 0.15) is 15.9 Å². The Kier molecular flexibility index (Phi) is 4.69. The molecule has 0 aliphatic heterocycles. The molecule has 0 unspecified atom stereocenters. The molecule has 2 aromatic heterocycles. The van der Waals surface area contributed by atoms with E-state index in [1.54, 1.807) is 6.07 Å². The summed E-state index contributed by atoms with van der Waals surface area (Å²) in [4.78, 5) is 22.5. The van der Waals surface area contributed by atoms with Gasteiger partial charge in [0.2, 0.25) is 0 Å². The second kappa shape index (κ2) is 7.52. The Balaban J connectivity index is 1.59. The number of rotatable bonds is 3. The minimum Gasteiger partial charge on any atom is -0.298 e. The molecule has 0 spiro atoms. The summed E-state index contributed by atoms with van der Waals surface area (Å²) >= 11 is 7.84. The van der Waals surface area contributed by atoms with E-state index in [1.165, 1.54) is 11.3 Å². The van der Waals surface area contributed by atoms with E-state index in [4.69, 9.17) is 16.6 Å². The number of benzene rings is 3. The molecule has 0 saturated carbocycles. The number of anilines is 1. The highest BCUT2D eigenvalue weighted by atomic mass is 35.5. The predicted octanol–water partition coefficient (Wildman–Crippen LogP) is 6.73. The molecule has 146 valence electrons. The highest BCUT2D eigenvalue weighted by Crippen LogP contribution is 2.31. The van der Waals surface area contributed by atoms with Crippen LogP contribution in [-0.2, 0) is 0 Å². The Labute approximate surface area is 182 Å². The maximum atomic E-state index is 13.2. The van der Waals surface area contributed by atoms with Gasteiger partial charge in [-0.05, 0) is 42.8 Å². The summed E-state index contributed by atoms with van der Waals surface area (Å²) in [5.74, 6) is -0.224. The number of thiazole rings is 1. The van der Waals surface area contributed by atoms with Crippen LogP contribution in [0, 0.1) is 6.92 Å². The zero-order valence-corrected chi connectivity index (χ0v) is 17.6. The highest BCUT2D eigenvalue weighted by Gasteiger charge is 2.16. The van der Waals surface area contributed by atoms with Gasteiger partial charge in [-0.1, -0.05) is 65.4 Å². The molecular weight excluding hydrogens is 414 g/mol. The van der Waals surface area contributed by atoms with Gasteiger partial charge in [-0.25, -0.2) is 9.97 Å². The van der Waals surface area contributed by atoms with E-state index in [1.807, 2.05) is 67.6 Å².